The van der Waals surface area contributed by atoms with Gasteiger partial charge >= 0.3 is 8.25 Å². The predicted octanol–water partition coefficient (Wildman–Crippen LogP) is 0.926. The maximum absolute atomic E-state index is 10.2. The van der Waals surface area contributed by atoms with Gasteiger partial charge in [-0.2, -0.15) is 0 Å². The molecule has 0 amide bonds. The Morgan fingerprint density at radius 2 is 1.92 bits per heavy atom. The van der Waals surface area contributed by atoms with Crippen LogP contribution in [0.3, 0.4) is 0 Å². The second-order valence-electron chi connectivity index (χ2n) is 2.36. The second kappa shape index (κ2) is 4.30. The molecule has 0 aliphatic carbocycles. The van der Waals surface area contributed by atoms with Crippen LogP contribution in [0.1, 0.15) is 11.9 Å². The van der Waals surface area contributed by atoms with Crippen molar-refractivity contribution < 1.29 is 19.1 Å². The third-order valence-electron chi connectivity index (χ3n) is 1.41. The molecule has 0 aliphatic heterocycles. The molecule has 0 aliphatic rings. The van der Waals surface area contributed by atoms with Gasteiger partial charge < -0.3 is 10.8 Å². The van der Waals surface area contributed by atoms with Gasteiger partial charge in [0.25, 0.3) is 0 Å². The summed E-state index contributed by atoms with van der Waals surface area (Å²) in [5, 5.41) is 9.17. The van der Waals surface area contributed by atoms with Gasteiger partial charge in [-0.15, -0.1) is 4.89 Å². The highest BCUT2D eigenvalue weighted by atomic mass is 31.1. The molecule has 1 rings (SSSR count). The van der Waals surface area contributed by atoms with Crippen LogP contribution >= 0.6 is 8.25 Å². The first kappa shape index (κ1) is 10.1. The standard InChI is InChI=1S/C7H8NO4P/c8-6-3-1-5(2-4-6)7(9)12-13(10)11/h1-4,7,9H,8H2/p+1. The first-order chi connectivity index (χ1) is 6.09. The molecule has 4 N–H and O–H groups in total. The Hall–Kier alpha value is -1.00. The number of aliphatic hydroxyl groups excluding tert-OH is 1. The molecule has 0 saturated carbocycles. The van der Waals surface area contributed by atoms with Gasteiger partial charge in [-0.3, -0.25) is 0 Å². The Kier molecular flexibility index (Phi) is 3.33. The highest BCUT2D eigenvalue weighted by Crippen LogP contribution is 2.26. The van der Waals surface area contributed by atoms with Gasteiger partial charge in [-0.25, -0.2) is 0 Å². The van der Waals surface area contributed by atoms with Gasteiger partial charge in [0.15, 0.2) is 0 Å². The van der Waals surface area contributed by atoms with E-state index in [4.69, 9.17) is 10.6 Å². The smallest absolute Gasteiger partial charge is 0.399 e. The summed E-state index contributed by atoms with van der Waals surface area (Å²) >= 11 is 0. The Labute approximate surface area is 75.7 Å². The first-order valence-electron chi connectivity index (χ1n) is 3.46. The number of benzene rings is 1. The van der Waals surface area contributed by atoms with Gasteiger partial charge in [0.2, 0.25) is 6.29 Å². The van der Waals surface area contributed by atoms with Crippen LogP contribution in [-0.4, -0.2) is 10.00 Å². The van der Waals surface area contributed by atoms with Crippen molar-refractivity contribution in [1.29, 1.82) is 0 Å². The van der Waals surface area contributed by atoms with E-state index in [-0.39, 0.29) is 0 Å². The third-order valence-corrected chi connectivity index (χ3v) is 1.79. The van der Waals surface area contributed by atoms with Crippen molar-refractivity contribution >= 4 is 13.9 Å². The maximum Gasteiger partial charge on any atom is 0.697 e. The number of nitrogen functional groups attached to an aromatic ring is 1. The van der Waals surface area contributed by atoms with Crippen LogP contribution < -0.4 is 5.73 Å². The lowest BCUT2D eigenvalue weighted by Gasteiger charge is -2.02. The maximum atomic E-state index is 10.2. The zero-order chi connectivity index (χ0) is 9.84. The fourth-order valence-corrected chi connectivity index (χ4v) is 1.10. The highest BCUT2D eigenvalue weighted by Gasteiger charge is 2.21. The first-order valence-corrected chi connectivity index (χ1v) is 4.59. The SMILES string of the molecule is Nc1ccc(C(O)O[P+](=O)O)cc1. The van der Waals surface area contributed by atoms with E-state index in [0.29, 0.717) is 11.3 Å². The molecule has 2 unspecified atom stereocenters. The van der Waals surface area contributed by atoms with Crippen molar-refractivity contribution in [2.45, 2.75) is 6.29 Å². The summed E-state index contributed by atoms with van der Waals surface area (Å²) in [4.78, 5) is 8.34. The number of anilines is 1. The largest absolute Gasteiger partial charge is 0.697 e. The predicted molar refractivity (Wildman–Crippen MR) is 46.7 cm³/mol. The Morgan fingerprint density at radius 1 is 1.38 bits per heavy atom. The zero-order valence-electron chi connectivity index (χ0n) is 6.62. The van der Waals surface area contributed by atoms with E-state index in [1.54, 1.807) is 12.1 Å². The summed E-state index contributed by atoms with van der Waals surface area (Å²) in [6.45, 7) is 0. The third kappa shape index (κ3) is 3.08. The van der Waals surface area contributed by atoms with Crippen LogP contribution in [-0.2, 0) is 9.09 Å². The van der Waals surface area contributed by atoms with Crippen molar-refractivity contribution in [2.24, 2.45) is 0 Å². The minimum absolute atomic E-state index is 0.381. The Bertz CT molecular complexity index is 300. The molecule has 6 heteroatoms. The molecule has 0 radical (unpaired) electrons. The molecule has 0 aromatic heterocycles. The van der Waals surface area contributed by atoms with E-state index < -0.39 is 14.5 Å². The molecule has 1 aromatic rings. The van der Waals surface area contributed by atoms with E-state index in [9.17, 15) is 9.67 Å². The average Bonchev–Trinajstić information content (AvgIpc) is 2.04. The molecule has 5 nitrogen and oxygen atoms in total. The van der Waals surface area contributed by atoms with E-state index in [1.807, 2.05) is 0 Å². The fraction of sp³-hybridized carbons (Fsp3) is 0.143. The number of rotatable bonds is 3. The van der Waals surface area contributed by atoms with E-state index >= 15 is 0 Å². The summed E-state index contributed by atoms with van der Waals surface area (Å²) < 4.78 is 14.4. The minimum atomic E-state index is -2.80. The molecular weight excluding hydrogens is 193 g/mol. The summed E-state index contributed by atoms with van der Waals surface area (Å²) in [6, 6.07) is 6.15. The highest BCUT2D eigenvalue weighted by molar-refractivity contribution is 7.32. The summed E-state index contributed by atoms with van der Waals surface area (Å²) in [7, 11) is -2.80. The van der Waals surface area contributed by atoms with Crippen LogP contribution in [0.5, 0.6) is 0 Å². The molecule has 1 aromatic carbocycles. The molecule has 0 heterocycles. The second-order valence-corrected chi connectivity index (χ2v) is 3.05. The monoisotopic (exact) mass is 202 g/mol. The van der Waals surface area contributed by atoms with Crippen molar-refractivity contribution in [1.82, 2.24) is 0 Å². The average molecular weight is 202 g/mol. The molecule has 2 atom stereocenters. The van der Waals surface area contributed by atoms with Crippen LogP contribution in [0, 0.1) is 0 Å². The van der Waals surface area contributed by atoms with Crippen LogP contribution in [0.2, 0.25) is 0 Å². The lowest BCUT2D eigenvalue weighted by molar-refractivity contribution is -0.0207. The van der Waals surface area contributed by atoms with E-state index in [2.05, 4.69) is 4.52 Å². The normalized spacial score (nSPS) is 13.8. The summed E-state index contributed by atoms with van der Waals surface area (Å²) in [5.74, 6) is 0. The van der Waals surface area contributed by atoms with Gasteiger partial charge in [-0.1, -0.05) is 16.7 Å². The Balaban J connectivity index is 2.71. The molecule has 70 valence electrons. The quantitative estimate of drug-likeness (QED) is 0.385. The Morgan fingerprint density at radius 3 is 2.38 bits per heavy atom. The number of hydrogen-bond donors (Lipinski definition) is 3. The van der Waals surface area contributed by atoms with Gasteiger partial charge in [0.05, 0.1) is 0 Å². The lowest BCUT2D eigenvalue weighted by Crippen LogP contribution is -1.98. The van der Waals surface area contributed by atoms with Crippen LogP contribution in [0.15, 0.2) is 24.3 Å². The van der Waals surface area contributed by atoms with E-state index in [1.165, 1.54) is 12.1 Å². The van der Waals surface area contributed by atoms with Crippen LogP contribution in [0.4, 0.5) is 5.69 Å². The number of hydrogen-bond acceptors (Lipinski definition) is 4. The molecular formula is C7H9NO4P+. The lowest BCUT2D eigenvalue weighted by atomic mass is 10.2. The van der Waals surface area contributed by atoms with Crippen molar-refractivity contribution in [3.05, 3.63) is 29.8 Å². The van der Waals surface area contributed by atoms with Crippen molar-refractivity contribution in [3.63, 3.8) is 0 Å². The molecule has 0 spiro atoms. The van der Waals surface area contributed by atoms with Crippen molar-refractivity contribution in [3.8, 4) is 0 Å². The minimum Gasteiger partial charge on any atom is -0.399 e. The molecule has 13 heavy (non-hydrogen) atoms. The van der Waals surface area contributed by atoms with E-state index in [0.717, 1.165) is 0 Å². The molecule has 0 saturated heterocycles. The van der Waals surface area contributed by atoms with Gasteiger partial charge in [-0.05, 0) is 12.1 Å². The number of nitrogens with two attached hydrogens (primary N) is 1. The summed E-state index contributed by atoms with van der Waals surface area (Å²) in [6.07, 6.45) is -1.39. The zero-order valence-corrected chi connectivity index (χ0v) is 7.52. The molecule has 0 fully saturated rings. The van der Waals surface area contributed by atoms with Crippen molar-refractivity contribution in [2.75, 3.05) is 5.73 Å². The van der Waals surface area contributed by atoms with Gasteiger partial charge in [0.1, 0.15) is 0 Å². The topological polar surface area (TPSA) is 92.8 Å². The van der Waals surface area contributed by atoms with Gasteiger partial charge in [0, 0.05) is 15.8 Å². The number of aliphatic hydroxyl groups is 1. The summed E-state index contributed by atoms with van der Waals surface area (Å²) in [5.41, 5.74) is 6.33. The fourth-order valence-electron chi connectivity index (χ4n) is 0.807. The molecule has 0 bridgehead atoms. The van der Waals surface area contributed by atoms with Crippen LogP contribution in [0.25, 0.3) is 0 Å².